The van der Waals surface area contributed by atoms with E-state index in [2.05, 4.69) is 0 Å². The van der Waals surface area contributed by atoms with E-state index in [4.69, 9.17) is 0 Å². The molecule has 0 nitrogen and oxygen atoms in total. The third-order valence-corrected chi connectivity index (χ3v) is 1.18. The van der Waals surface area contributed by atoms with Crippen LogP contribution in [-0.2, 0) is 6.67 Å². The number of halogens is 3. The van der Waals surface area contributed by atoms with Gasteiger partial charge in [0.1, 0.15) is 6.67 Å². The van der Waals surface area contributed by atoms with Crippen LogP contribution >= 0.6 is 0 Å². The summed E-state index contributed by atoms with van der Waals surface area (Å²) in [5.74, 6) is -2.10. The maximum atomic E-state index is 12.4. The van der Waals surface area contributed by atoms with Crippen LogP contribution in [0, 0.1) is 11.6 Å². The van der Waals surface area contributed by atoms with Gasteiger partial charge in [-0.1, -0.05) is 12.1 Å². The van der Waals surface area contributed by atoms with E-state index in [0.29, 0.717) is 0 Å². The second-order valence-electron chi connectivity index (χ2n) is 1.85. The van der Waals surface area contributed by atoms with E-state index in [1.807, 2.05) is 0 Å². The van der Waals surface area contributed by atoms with Gasteiger partial charge in [-0.25, -0.2) is 13.2 Å². The Hall–Kier alpha value is -0.990. The first-order chi connectivity index (χ1) is 4.75. The zero-order chi connectivity index (χ0) is 7.56. The summed E-state index contributed by atoms with van der Waals surface area (Å²) < 4.78 is 36.4. The Kier molecular flexibility index (Phi) is 1.94. The summed E-state index contributed by atoms with van der Waals surface area (Å²) in [7, 11) is 0. The molecular weight excluding hydrogens is 141 g/mol. The van der Waals surface area contributed by atoms with Gasteiger partial charge in [0, 0.05) is 5.56 Å². The number of benzene rings is 1. The highest BCUT2D eigenvalue weighted by Crippen LogP contribution is 2.11. The quantitative estimate of drug-likeness (QED) is 0.570. The van der Waals surface area contributed by atoms with Crippen LogP contribution in [-0.4, -0.2) is 0 Å². The smallest absolute Gasteiger partial charge is 0.164 e. The average Bonchev–Trinajstić information content (AvgIpc) is 1.95. The zero-order valence-electron chi connectivity index (χ0n) is 5.07. The Labute approximate surface area is 56.3 Å². The van der Waals surface area contributed by atoms with Crippen LogP contribution in [0.15, 0.2) is 18.2 Å². The molecule has 0 radical (unpaired) electrons. The van der Waals surface area contributed by atoms with Gasteiger partial charge in [-0.3, -0.25) is 0 Å². The number of rotatable bonds is 1. The van der Waals surface area contributed by atoms with Gasteiger partial charge >= 0.3 is 0 Å². The van der Waals surface area contributed by atoms with Crippen molar-refractivity contribution in [2.45, 2.75) is 6.67 Å². The van der Waals surface area contributed by atoms with E-state index in [0.717, 1.165) is 6.07 Å². The minimum atomic E-state index is -1.09. The third kappa shape index (κ3) is 1.12. The van der Waals surface area contributed by atoms with Crippen LogP contribution in [0.4, 0.5) is 13.2 Å². The molecule has 0 heterocycles. The standard InChI is InChI=1S/C7H5F3/c8-4-5-2-1-3-6(9)7(5)10/h1-3H,4H2. The summed E-state index contributed by atoms with van der Waals surface area (Å²) >= 11 is 0. The molecule has 0 amide bonds. The molecule has 0 aromatic heterocycles. The number of alkyl halides is 1. The average molecular weight is 146 g/mol. The molecule has 1 aromatic carbocycles. The van der Waals surface area contributed by atoms with Crippen molar-refractivity contribution in [3.63, 3.8) is 0 Å². The van der Waals surface area contributed by atoms with Crippen LogP contribution in [0.2, 0.25) is 0 Å². The van der Waals surface area contributed by atoms with Gasteiger partial charge in [0.25, 0.3) is 0 Å². The first-order valence-corrected chi connectivity index (χ1v) is 2.74. The Bertz CT molecular complexity index is 232. The summed E-state index contributed by atoms with van der Waals surface area (Å²) in [4.78, 5) is 0. The van der Waals surface area contributed by atoms with Crippen LogP contribution in [0.1, 0.15) is 5.56 Å². The summed E-state index contributed by atoms with van der Waals surface area (Å²) in [5, 5.41) is 0. The molecule has 0 atom stereocenters. The molecule has 0 aliphatic rings. The molecule has 0 unspecified atom stereocenters. The highest BCUT2D eigenvalue weighted by atomic mass is 19.2. The highest BCUT2D eigenvalue weighted by molar-refractivity contribution is 5.17. The lowest BCUT2D eigenvalue weighted by atomic mass is 10.2. The van der Waals surface area contributed by atoms with Gasteiger partial charge in [0.05, 0.1) is 0 Å². The molecule has 0 bridgehead atoms. The first kappa shape index (κ1) is 7.12. The molecule has 0 saturated heterocycles. The maximum absolute atomic E-state index is 12.4. The zero-order valence-corrected chi connectivity index (χ0v) is 5.07. The van der Waals surface area contributed by atoms with Crippen molar-refractivity contribution in [1.29, 1.82) is 0 Å². The molecular formula is C7H5F3. The highest BCUT2D eigenvalue weighted by Gasteiger charge is 2.05. The minimum absolute atomic E-state index is 0.236. The molecule has 0 spiro atoms. The van der Waals surface area contributed by atoms with Gasteiger partial charge in [-0.2, -0.15) is 0 Å². The van der Waals surface area contributed by atoms with Crippen LogP contribution in [0.25, 0.3) is 0 Å². The fourth-order valence-corrected chi connectivity index (χ4v) is 0.652. The van der Waals surface area contributed by atoms with E-state index < -0.39 is 18.3 Å². The topological polar surface area (TPSA) is 0 Å². The summed E-state index contributed by atoms with van der Waals surface area (Å²) in [6, 6.07) is 3.43. The predicted octanol–water partition coefficient (Wildman–Crippen LogP) is 2.43. The SMILES string of the molecule is FCc1cccc(F)c1F. The van der Waals surface area contributed by atoms with Crippen molar-refractivity contribution < 1.29 is 13.2 Å². The van der Waals surface area contributed by atoms with E-state index >= 15 is 0 Å². The maximum Gasteiger partial charge on any atom is 0.164 e. The van der Waals surface area contributed by atoms with Gasteiger partial charge < -0.3 is 0 Å². The molecule has 1 aromatic rings. The van der Waals surface area contributed by atoms with E-state index in [-0.39, 0.29) is 5.56 Å². The minimum Gasteiger partial charge on any atom is -0.246 e. The lowest BCUT2D eigenvalue weighted by Gasteiger charge is -1.95. The van der Waals surface area contributed by atoms with Crippen molar-refractivity contribution in [2.75, 3.05) is 0 Å². The molecule has 0 N–H and O–H groups in total. The normalized spacial score (nSPS) is 9.90. The Balaban J connectivity index is 3.14. The first-order valence-electron chi connectivity index (χ1n) is 2.74. The largest absolute Gasteiger partial charge is 0.246 e. The fourth-order valence-electron chi connectivity index (χ4n) is 0.652. The Morgan fingerprint density at radius 3 is 2.40 bits per heavy atom. The summed E-state index contributed by atoms with van der Waals surface area (Å²) in [6.07, 6.45) is 0. The van der Waals surface area contributed by atoms with Gasteiger partial charge in [0.15, 0.2) is 11.6 Å². The third-order valence-electron chi connectivity index (χ3n) is 1.18. The van der Waals surface area contributed by atoms with Crippen LogP contribution in [0.3, 0.4) is 0 Å². The number of hydrogen-bond acceptors (Lipinski definition) is 0. The van der Waals surface area contributed by atoms with Crippen LogP contribution < -0.4 is 0 Å². The molecule has 0 aliphatic carbocycles. The molecule has 0 saturated carbocycles. The summed E-state index contributed by atoms with van der Waals surface area (Å²) in [6.45, 7) is -0.969. The van der Waals surface area contributed by atoms with Crippen molar-refractivity contribution in [1.82, 2.24) is 0 Å². The lowest BCUT2D eigenvalue weighted by molar-refractivity contribution is 0.441. The van der Waals surface area contributed by atoms with Crippen molar-refractivity contribution in [3.8, 4) is 0 Å². The van der Waals surface area contributed by atoms with E-state index in [9.17, 15) is 13.2 Å². The monoisotopic (exact) mass is 146 g/mol. The second-order valence-corrected chi connectivity index (χ2v) is 1.85. The lowest BCUT2D eigenvalue weighted by Crippen LogP contribution is -1.89. The van der Waals surface area contributed by atoms with Crippen molar-refractivity contribution in [2.24, 2.45) is 0 Å². The molecule has 10 heavy (non-hydrogen) atoms. The van der Waals surface area contributed by atoms with Crippen molar-refractivity contribution >= 4 is 0 Å². The predicted molar refractivity (Wildman–Crippen MR) is 31.2 cm³/mol. The molecule has 0 fully saturated rings. The second kappa shape index (κ2) is 2.73. The van der Waals surface area contributed by atoms with Gasteiger partial charge in [-0.15, -0.1) is 0 Å². The molecule has 0 aliphatic heterocycles. The van der Waals surface area contributed by atoms with Crippen LogP contribution in [0.5, 0.6) is 0 Å². The Morgan fingerprint density at radius 1 is 1.20 bits per heavy atom. The Morgan fingerprint density at radius 2 is 1.90 bits per heavy atom. The van der Waals surface area contributed by atoms with Gasteiger partial charge in [-0.05, 0) is 6.07 Å². The van der Waals surface area contributed by atoms with Gasteiger partial charge in [0.2, 0.25) is 0 Å². The molecule has 1 rings (SSSR count). The van der Waals surface area contributed by atoms with E-state index in [1.54, 1.807) is 0 Å². The molecule has 54 valence electrons. The van der Waals surface area contributed by atoms with Crippen molar-refractivity contribution in [3.05, 3.63) is 35.4 Å². The summed E-state index contributed by atoms with van der Waals surface area (Å²) in [5.41, 5.74) is -0.236. The number of hydrogen-bond donors (Lipinski definition) is 0. The fraction of sp³-hybridized carbons (Fsp3) is 0.143. The van der Waals surface area contributed by atoms with E-state index in [1.165, 1.54) is 12.1 Å². The molecule has 3 heteroatoms.